The first-order chi connectivity index (χ1) is 9.66. The Hall–Kier alpha value is -1.87. The van der Waals surface area contributed by atoms with Crippen LogP contribution in [0.3, 0.4) is 0 Å². The van der Waals surface area contributed by atoms with Crippen molar-refractivity contribution in [2.24, 2.45) is 0 Å². The minimum absolute atomic E-state index is 0.239. The molecule has 0 aliphatic rings. The van der Waals surface area contributed by atoms with E-state index in [1.54, 1.807) is 0 Å². The van der Waals surface area contributed by atoms with E-state index in [2.05, 4.69) is 10.3 Å². The normalized spacial score (nSPS) is 14.4. The summed E-state index contributed by atoms with van der Waals surface area (Å²) in [6.45, 7) is 0.876. The topological polar surface area (TPSA) is 91.7 Å². The number of aliphatic hydroxyl groups excluding tert-OH is 2. The molecule has 0 aliphatic heterocycles. The number of carbonyl (C=O) groups excluding carboxylic acids is 1. The molecule has 1 rings (SSSR count). The molecular weight excluding hydrogens is 293 g/mol. The minimum atomic E-state index is -4.64. The fourth-order valence-electron chi connectivity index (χ4n) is 1.57. The predicted octanol–water partition coefficient (Wildman–Crippen LogP) is 0.639. The second-order valence-corrected chi connectivity index (χ2v) is 4.27. The number of nitrogens with one attached hydrogen (secondary N) is 1. The Balaban J connectivity index is 3.05. The summed E-state index contributed by atoms with van der Waals surface area (Å²) in [5, 5.41) is 21.9. The molecule has 6 nitrogen and oxygen atoms in total. The second-order valence-electron chi connectivity index (χ2n) is 4.27. The van der Waals surface area contributed by atoms with Crippen LogP contribution in [0.1, 0.15) is 24.2 Å². The van der Waals surface area contributed by atoms with Crippen molar-refractivity contribution in [2.75, 3.05) is 13.7 Å². The Morgan fingerprint density at radius 1 is 1.48 bits per heavy atom. The van der Waals surface area contributed by atoms with Crippen molar-refractivity contribution in [3.63, 3.8) is 0 Å². The fraction of sp³-hybridized carbons (Fsp3) is 0.500. The molecule has 0 saturated heterocycles. The van der Waals surface area contributed by atoms with Gasteiger partial charge in [0.2, 0.25) is 11.8 Å². The fourth-order valence-corrected chi connectivity index (χ4v) is 1.57. The van der Waals surface area contributed by atoms with Gasteiger partial charge in [0.15, 0.2) is 0 Å². The van der Waals surface area contributed by atoms with Crippen LogP contribution < -0.4 is 10.1 Å². The largest absolute Gasteiger partial charge is 0.481 e. The number of hydrogen-bond donors (Lipinski definition) is 3. The lowest BCUT2D eigenvalue weighted by atomic mass is 10.0. The molecule has 2 atom stereocenters. The van der Waals surface area contributed by atoms with Crippen LogP contribution in [-0.2, 0) is 11.0 Å². The summed E-state index contributed by atoms with van der Waals surface area (Å²) < 4.78 is 42.7. The lowest BCUT2D eigenvalue weighted by molar-refractivity contribution is -0.138. The number of aromatic nitrogens is 1. The van der Waals surface area contributed by atoms with Gasteiger partial charge >= 0.3 is 6.18 Å². The number of pyridine rings is 1. The van der Waals surface area contributed by atoms with Crippen LogP contribution >= 0.6 is 0 Å². The smallest absolute Gasteiger partial charge is 0.417 e. The van der Waals surface area contributed by atoms with Gasteiger partial charge < -0.3 is 20.3 Å². The third-order valence-electron chi connectivity index (χ3n) is 2.64. The summed E-state index contributed by atoms with van der Waals surface area (Å²) >= 11 is 0. The molecule has 0 radical (unpaired) electrons. The number of amides is 1. The SMILES string of the molecule is COc1ncc(C(F)(F)F)cc1C(O)C(O)CNC(C)=O. The van der Waals surface area contributed by atoms with Crippen LogP contribution in [0.15, 0.2) is 12.3 Å². The number of carbonyl (C=O) groups is 1. The minimum Gasteiger partial charge on any atom is -0.481 e. The van der Waals surface area contributed by atoms with Crippen molar-refractivity contribution in [3.8, 4) is 5.88 Å². The number of nitrogens with zero attached hydrogens (tertiary/aromatic N) is 1. The lowest BCUT2D eigenvalue weighted by Crippen LogP contribution is -2.34. The van der Waals surface area contributed by atoms with E-state index in [9.17, 15) is 28.2 Å². The van der Waals surface area contributed by atoms with E-state index in [0.717, 1.165) is 0 Å². The van der Waals surface area contributed by atoms with Crippen molar-refractivity contribution < 1.29 is 32.9 Å². The molecule has 9 heteroatoms. The number of methoxy groups -OCH3 is 1. The average Bonchev–Trinajstić information content (AvgIpc) is 2.42. The summed E-state index contributed by atoms with van der Waals surface area (Å²) in [7, 11) is 1.17. The number of halogens is 3. The molecule has 1 aromatic rings. The molecule has 2 unspecified atom stereocenters. The molecule has 0 aliphatic carbocycles. The summed E-state index contributed by atoms with van der Waals surface area (Å²) in [5.41, 5.74) is -1.39. The molecule has 0 aromatic carbocycles. The molecular formula is C12H15F3N2O4. The maximum absolute atomic E-state index is 12.6. The van der Waals surface area contributed by atoms with Gasteiger partial charge in [-0.2, -0.15) is 13.2 Å². The highest BCUT2D eigenvalue weighted by molar-refractivity contribution is 5.72. The van der Waals surface area contributed by atoms with Gasteiger partial charge in [0, 0.05) is 25.2 Å². The van der Waals surface area contributed by atoms with E-state index >= 15 is 0 Å². The first-order valence-corrected chi connectivity index (χ1v) is 5.88. The number of ether oxygens (including phenoxy) is 1. The van der Waals surface area contributed by atoms with Gasteiger partial charge in [-0.25, -0.2) is 4.98 Å². The highest BCUT2D eigenvalue weighted by Gasteiger charge is 2.33. The monoisotopic (exact) mass is 308 g/mol. The first kappa shape index (κ1) is 17.2. The zero-order valence-corrected chi connectivity index (χ0v) is 11.3. The van der Waals surface area contributed by atoms with Crippen molar-refractivity contribution in [3.05, 3.63) is 23.4 Å². The van der Waals surface area contributed by atoms with Gasteiger partial charge in [-0.1, -0.05) is 0 Å². The van der Waals surface area contributed by atoms with Crippen molar-refractivity contribution >= 4 is 5.91 Å². The molecule has 0 spiro atoms. The van der Waals surface area contributed by atoms with E-state index < -0.39 is 29.9 Å². The molecule has 1 amide bonds. The summed E-state index contributed by atoms with van der Waals surface area (Å²) in [6.07, 6.45) is -7.28. The highest BCUT2D eigenvalue weighted by Crippen LogP contribution is 2.34. The Labute approximate surface area is 118 Å². The maximum Gasteiger partial charge on any atom is 0.417 e. The molecule has 118 valence electrons. The van der Waals surface area contributed by atoms with Gasteiger partial charge in [0.1, 0.15) is 12.2 Å². The van der Waals surface area contributed by atoms with Crippen LogP contribution in [0.4, 0.5) is 13.2 Å². The van der Waals surface area contributed by atoms with Gasteiger partial charge in [-0.05, 0) is 6.07 Å². The molecule has 21 heavy (non-hydrogen) atoms. The molecule has 0 saturated carbocycles. The number of hydrogen-bond acceptors (Lipinski definition) is 5. The van der Waals surface area contributed by atoms with Crippen molar-refractivity contribution in [1.82, 2.24) is 10.3 Å². The third kappa shape index (κ3) is 4.57. The summed E-state index contributed by atoms with van der Waals surface area (Å²) in [5.74, 6) is -0.687. The first-order valence-electron chi connectivity index (χ1n) is 5.88. The van der Waals surface area contributed by atoms with Crippen molar-refractivity contribution in [2.45, 2.75) is 25.3 Å². The van der Waals surface area contributed by atoms with E-state index in [4.69, 9.17) is 4.74 Å². The number of rotatable bonds is 5. The van der Waals surface area contributed by atoms with Gasteiger partial charge in [-0.3, -0.25) is 4.79 Å². The molecule has 1 aromatic heterocycles. The Morgan fingerprint density at radius 3 is 2.57 bits per heavy atom. The van der Waals surface area contributed by atoms with Crippen LogP contribution in [0.5, 0.6) is 5.88 Å². The zero-order valence-electron chi connectivity index (χ0n) is 11.3. The maximum atomic E-state index is 12.6. The average molecular weight is 308 g/mol. The van der Waals surface area contributed by atoms with E-state index in [-0.39, 0.29) is 18.0 Å². The van der Waals surface area contributed by atoms with E-state index in [1.807, 2.05) is 0 Å². The molecule has 0 bridgehead atoms. The Bertz CT molecular complexity index is 508. The summed E-state index contributed by atoms with van der Waals surface area (Å²) in [6, 6.07) is 0.646. The van der Waals surface area contributed by atoms with Crippen LogP contribution in [0.2, 0.25) is 0 Å². The van der Waals surface area contributed by atoms with Gasteiger partial charge in [0.05, 0.1) is 12.7 Å². The lowest BCUT2D eigenvalue weighted by Gasteiger charge is -2.20. The van der Waals surface area contributed by atoms with E-state index in [0.29, 0.717) is 12.3 Å². The molecule has 3 N–H and O–H groups in total. The standard InChI is InChI=1S/C12H15F3N2O4/c1-6(18)16-5-9(19)10(20)8-3-7(12(13,14)15)4-17-11(8)21-2/h3-4,9-10,19-20H,5H2,1-2H3,(H,16,18). The zero-order chi connectivity index (χ0) is 16.2. The summed E-state index contributed by atoms with van der Waals surface area (Å²) in [4.78, 5) is 14.2. The van der Waals surface area contributed by atoms with Crippen molar-refractivity contribution in [1.29, 1.82) is 0 Å². The highest BCUT2D eigenvalue weighted by atomic mass is 19.4. The molecule has 1 heterocycles. The van der Waals surface area contributed by atoms with Crippen LogP contribution in [-0.4, -0.2) is 40.9 Å². The molecule has 0 fully saturated rings. The Morgan fingerprint density at radius 2 is 2.10 bits per heavy atom. The Kier molecular flexibility index (Phi) is 5.50. The van der Waals surface area contributed by atoms with Gasteiger partial charge in [-0.15, -0.1) is 0 Å². The van der Waals surface area contributed by atoms with Crippen LogP contribution in [0, 0.1) is 0 Å². The third-order valence-corrected chi connectivity index (χ3v) is 2.64. The van der Waals surface area contributed by atoms with Gasteiger partial charge in [0.25, 0.3) is 0 Å². The quantitative estimate of drug-likeness (QED) is 0.742. The number of alkyl halides is 3. The van der Waals surface area contributed by atoms with Crippen LogP contribution in [0.25, 0.3) is 0 Å². The van der Waals surface area contributed by atoms with E-state index in [1.165, 1.54) is 14.0 Å². The second kappa shape index (κ2) is 6.72. The number of aliphatic hydroxyl groups is 2. The predicted molar refractivity (Wildman–Crippen MR) is 65.4 cm³/mol.